The number of amides is 1. The van der Waals surface area contributed by atoms with Crippen molar-refractivity contribution in [2.75, 3.05) is 33.2 Å². The summed E-state index contributed by atoms with van der Waals surface area (Å²) in [7, 11) is 2.02. The van der Waals surface area contributed by atoms with Gasteiger partial charge in [0.15, 0.2) is 0 Å². The summed E-state index contributed by atoms with van der Waals surface area (Å²) in [5.74, 6) is -0.626. The van der Waals surface area contributed by atoms with E-state index in [0.717, 1.165) is 18.7 Å². The molecule has 0 saturated carbocycles. The Kier molecular flexibility index (Phi) is 3.43. The third-order valence-electron chi connectivity index (χ3n) is 3.14. The molecule has 0 aliphatic carbocycles. The van der Waals surface area contributed by atoms with Crippen molar-refractivity contribution in [3.8, 4) is 0 Å². The first-order valence-electron chi connectivity index (χ1n) is 5.82. The highest BCUT2D eigenvalue weighted by atomic mass is 19.1. The monoisotopic (exact) mass is 236 g/mol. The summed E-state index contributed by atoms with van der Waals surface area (Å²) in [6.07, 6.45) is 0. The second-order valence-electron chi connectivity index (χ2n) is 4.58. The zero-order valence-corrected chi connectivity index (χ0v) is 10.2. The van der Waals surface area contributed by atoms with E-state index in [1.807, 2.05) is 14.0 Å². The van der Waals surface area contributed by atoms with Crippen LogP contribution in [0.1, 0.15) is 15.9 Å². The van der Waals surface area contributed by atoms with Crippen molar-refractivity contribution in [2.45, 2.75) is 6.92 Å². The standard InChI is InChI=1S/C13H17FN2O/c1-10-3-4-12(14)11(9-10)13(17)16-7-5-15(2)6-8-16/h3-4,9H,5-8H2,1-2H3. The molecule has 0 aromatic heterocycles. The summed E-state index contributed by atoms with van der Waals surface area (Å²) in [5.41, 5.74) is 1.10. The first kappa shape index (κ1) is 12.0. The van der Waals surface area contributed by atoms with E-state index in [9.17, 15) is 9.18 Å². The molecule has 3 nitrogen and oxygen atoms in total. The van der Waals surface area contributed by atoms with Crippen molar-refractivity contribution in [3.63, 3.8) is 0 Å². The highest BCUT2D eigenvalue weighted by Crippen LogP contribution is 2.14. The van der Waals surface area contributed by atoms with E-state index in [1.54, 1.807) is 17.0 Å². The minimum absolute atomic E-state index is 0.189. The van der Waals surface area contributed by atoms with Crippen LogP contribution in [0.5, 0.6) is 0 Å². The summed E-state index contributed by atoms with van der Waals surface area (Å²) in [4.78, 5) is 16.0. The fourth-order valence-corrected chi connectivity index (χ4v) is 1.98. The van der Waals surface area contributed by atoms with Gasteiger partial charge < -0.3 is 9.80 Å². The number of carbonyl (C=O) groups excluding carboxylic acids is 1. The van der Waals surface area contributed by atoms with Gasteiger partial charge in [-0.25, -0.2) is 4.39 Å². The van der Waals surface area contributed by atoms with E-state index in [2.05, 4.69) is 4.90 Å². The second-order valence-corrected chi connectivity index (χ2v) is 4.58. The fraction of sp³-hybridized carbons (Fsp3) is 0.462. The third-order valence-corrected chi connectivity index (χ3v) is 3.14. The fourth-order valence-electron chi connectivity index (χ4n) is 1.98. The van der Waals surface area contributed by atoms with Crippen LogP contribution in [0.4, 0.5) is 4.39 Å². The molecule has 1 saturated heterocycles. The Balaban J connectivity index is 2.16. The van der Waals surface area contributed by atoms with Crippen molar-refractivity contribution >= 4 is 5.91 Å². The Morgan fingerprint density at radius 1 is 1.24 bits per heavy atom. The highest BCUT2D eigenvalue weighted by molar-refractivity contribution is 5.94. The lowest BCUT2D eigenvalue weighted by atomic mass is 10.1. The molecule has 0 N–H and O–H groups in total. The van der Waals surface area contributed by atoms with Crippen LogP contribution in [0.2, 0.25) is 0 Å². The molecule has 1 fully saturated rings. The maximum absolute atomic E-state index is 13.6. The van der Waals surface area contributed by atoms with Gasteiger partial charge in [-0.2, -0.15) is 0 Å². The van der Waals surface area contributed by atoms with Crippen molar-refractivity contribution in [1.82, 2.24) is 9.80 Å². The van der Waals surface area contributed by atoms with Gasteiger partial charge >= 0.3 is 0 Å². The summed E-state index contributed by atoms with van der Waals surface area (Å²) >= 11 is 0. The molecule has 1 aromatic carbocycles. The number of piperazine rings is 1. The Morgan fingerprint density at radius 3 is 2.53 bits per heavy atom. The molecular weight excluding hydrogens is 219 g/mol. The second kappa shape index (κ2) is 4.84. The number of hydrogen-bond acceptors (Lipinski definition) is 2. The molecule has 0 radical (unpaired) electrons. The van der Waals surface area contributed by atoms with E-state index in [-0.39, 0.29) is 11.5 Å². The lowest BCUT2D eigenvalue weighted by Crippen LogP contribution is -2.47. The molecular formula is C13H17FN2O. The van der Waals surface area contributed by atoms with Crippen molar-refractivity contribution in [1.29, 1.82) is 0 Å². The molecule has 2 rings (SSSR count). The molecule has 1 aliphatic heterocycles. The molecule has 1 heterocycles. The van der Waals surface area contributed by atoms with Crippen LogP contribution in [-0.2, 0) is 0 Å². The number of benzene rings is 1. The maximum Gasteiger partial charge on any atom is 0.256 e. The molecule has 1 aromatic rings. The zero-order chi connectivity index (χ0) is 12.4. The smallest absolute Gasteiger partial charge is 0.256 e. The van der Waals surface area contributed by atoms with Crippen molar-refractivity contribution in [3.05, 3.63) is 35.1 Å². The molecule has 4 heteroatoms. The predicted molar refractivity (Wildman–Crippen MR) is 64.5 cm³/mol. The van der Waals surface area contributed by atoms with E-state index in [4.69, 9.17) is 0 Å². The summed E-state index contributed by atoms with van der Waals surface area (Å²) in [6.45, 7) is 4.89. The minimum Gasteiger partial charge on any atom is -0.336 e. The van der Waals surface area contributed by atoms with Crippen LogP contribution in [0.3, 0.4) is 0 Å². The largest absolute Gasteiger partial charge is 0.336 e. The molecule has 0 spiro atoms. The minimum atomic E-state index is -0.431. The van der Waals surface area contributed by atoms with Gasteiger partial charge in [-0.1, -0.05) is 11.6 Å². The van der Waals surface area contributed by atoms with Crippen LogP contribution in [-0.4, -0.2) is 48.9 Å². The molecule has 0 bridgehead atoms. The Morgan fingerprint density at radius 2 is 1.88 bits per heavy atom. The van der Waals surface area contributed by atoms with Gasteiger partial charge in [0.05, 0.1) is 5.56 Å². The lowest BCUT2D eigenvalue weighted by molar-refractivity contribution is 0.0659. The van der Waals surface area contributed by atoms with Gasteiger partial charge in [0, 0.05) is 26.2 Å². The number of aryl methyl sites for hydroxylation is 1. The molecule has 92 valence electrons. The Bertz CT molecular complexity index is 425. The molecule has 1 aliphatic rings. The first-order chi connectivity index (χ1) is 8.08. The van der Waals surface area contributed by atoms with Crippen molar-refractivity contribution < 1.29 is 9.18 Å². The van der Waals surface area contributed by atoms with Crippen LogP contribution in [0.15, 0.2) is 18.2 Å². The van der Waals surface area contributed by atoms with Crippen LogP contribution in [0, 0.1) is 12.7 Å². The summed E-state index contributed by atoms with van der Waals surface area (Å²) in [6, 6.07) is 4.66. The average Bonchev–Trinajstić information content (AvgIpc) is 2.32. The van der Waals surface area contributed by atoms with E-state index < -0.39 is 5.82 Å². The van der Waals surface area contributed by atoms with Crippen LogP contribution < -0.4 is 0 Å². The lowest BCUT2D eigenvalue weighted by Gasteiger charge is -2.32. The van der Waals surface area contributed by atoms with Gasteiger partial charge in [0.1, 0.15) is 5.82 Å². The topological polar surface area (TPSA) is 23.6 Å². The number of nitrogens with zero attached hydrogens (tertiary/aromatic N) is 2. The Hall–Kier alpha value is -1.42. The van der Waals surface area contributed by atoms with Gasteiger partial charge in [-0.05, 0) is 26.1 Å². The third kappa shape index (κ3) is 2.64. The highest BCUT2D eigenvalue weighted by Gasteiger charge is 2.22. The quantitative estimate of drug-likeness (QED) is 0.738. The molecule has 0 unspecified atom stereocenters. The zero-order valence-electron chi connectivity index (χ0n) is 10.2. The van der Waals surface area contributed by atoms with E-state index >= 15 is 0 Å². The van der Waals surface area contributed by atoms with E-state index in [0.29, 0.717) is 13.1 Å². The normalized spacial score (nSPS) is 17.2. The van der Waals surface area contributed by atoms with Crippen molar-refractivity contribution in [2.24, 2.45) is 0 Å². The predicted octanol–water partition coefficient (Wildman–Crippen LogP) is 1.52. The molecule has 17 heavy (non-hydrogen) atoms. The number of hydrogen-bond donors (Lipinski definition) is 0. The summed E-state index contributed by atoms with van der Waals surface area (Å²) < 4.78 is 13.6. The number of carbonyl (C=O) groups is 1. The molecule has 1 amide bonds. The average molecular weight is 236 g/mol. The van der Waals surface area contributed by atoms with Gasteiger partial charge in [0.25, 0.3) is 5.91 Å². The first-order valence-corrected chi connectivity index (χ1v) is 5.82. The van der Waals surface area contributed by atoms with E-state index in [1.165, 1.54) is 6.07 Å². The van der Waals surface area contributed by atoms with Crippen LogP contribution >= 0.6 is 0 Å². The molecule has 0 atom stereocenters. The number of likely N-dealkylation sites (N-methyl/N-ethyl adjacent to an activating group) is 1. The van der Waals surface area contributed by atoms with Gasteiger partial charge in [0.2, 0.25) is 0 Å². The van der Waals surface area contributed by atoms with Gasteiger partial charge in [-0.15, -0.1) is 0 Å². The van der Waals surface area contributed by atoms with Crippen LogP contribution in [0.25, 0.3) is 0 Å². The summed E-state index contributed by atoms with van der Waals surface area (Å²) in [5, 5.41) is 0. The van der Waals surface area contributed by atoms with Gasteiger partial charge in [-0.3, -0.25) is 4.79 Å². The Labute approximate surface area is 101 Å². The maximum atomic E-state index is 13.6. The SMILES string of the molecule is Cc1ccc(F)c(C(=O)N2CCN(C)CC2)c1. The number of halogens is 1. The number of rotatable bonds is 1.